The first-order valence-corrected chi connectivity index (χ1v) is 10.0. The van der Waals surface area contributed by atoms with Crippen LogP contribution in [-0.4, -0.2) is 42.2 Å². The molecule has 5 rings (SSSR count). The molecule has 11 heteroatoms. The quantitative estimate of drug-likeness (QED) is 0.678. The number of nitrogens with zero attached hydrogens (tertiary/aromatic N) is 6. The molecule has 0 radical (unpaired) electrons. The SMILES string of the molecule is Cc1nnc(C23CC(C[C@@H](C)C2)N3C(=O)Nc2ccc(Cl)c(-n3ncc(F)n3)c2)o1. The van der Waals surface area contributed by atoms with Crippen molar-refractivity contribution in [2.45, 2.75) is 44.7 Å². The van der Waals surface area contributed by atoms with E-state index in [1.54, 1.807) is 30.0 Å². The molecular formula is C19H19ClFN7O2. The minimum absolute atomic E-state index is 0.106. The molecule has 0 spiro atoms. The Labute approximate surface area is 176 Å². The van der Waals surface area contributed by atoms with Crippen LogP contribution in [0.1, 0.15) is 38.0 Å². The van der Waals surface area contributed by atoms with Crippen LogP contribution in [0.2, 0.25) is 5.02 Å². The van der Waals surface area contributed by atoms with Gasteiger partial charge in [0.05, 0.1) is 5.02 Å². The number of carbonyl (C=O) groups excluding carboxylic acids is 1. The summed E-state index contributed by atoms with van der Waals surface area (Å²) in [4.78, 5) is 16.1. The van der Waals surface area contributed by atoms with Crippen molar-refractivity contribution in [3.8, 4) is 5.69 Å². The first kappa shape index (κ1) is 19.0. The van der Waals surface area contributed by atoms with E-state index in [2.05, 4.69) is 32.6 Å². The normalized spacial score (nSPS) is 25.1. The first-order valence-electron chi connectivity index (χ1n) is 9.64. The Morgan fingerprint density at radius 1 is 1.37 bits per heavy atom. The zero-order chi connectivity index (χ0) is 21.0. The lowest BCUT2D eigenvalue weighted by atomic mass is 9.64. The second-order valence-electron chi connectivity index (χ2n) is 7.98. The van der Waals surface area contributed by atoms with Crippen LogP contribution in [0.5, 0.6) is 0 Å². The standard InChI is InChI=1S/C19H19ClFN7O2/c1-10-5-13-8-19(7-10,17-25-24-11(2)30-17)27(13)18(29)23-12-3-4-14(20)15(6-12)28-22-9-16(21)26-28/h3-4,6,9-10,13H,5,7-8H2,1-2H3,(H,23,29)/t10-,13?,19?/m1/s1. The Kier molecular flexibility index (Phi) is 4.28. The van der Waals surface area contributed by atoms with Crippen molar-refractivity contribution in [1.82, 2.24) is 30.1 Å². The number of benzene rings is 1. The summed E-state index contributed by atoms with van der Waals surface area (Å²) in [6.07, 6.45) is 3.47. The van der Waals surface area contributed by atoms with Gasteiger partial charge in [-0.05, 0) is 37.0 Å². The number of fused-ring (bicyclic) bond motifs is 2. The number of rotatable bonds is 3. The summed E-state index contributed by atoms with van der Waals surface area (Å²) in [6.45, 7) is 3.91. The third kappa shape index (κ3) is 2.94. The van der Waals surface area contributed by atoms with Gasteiger partial charge in [-0.3, -0.25) is 0 Å². The van der Waals surface area contributed by atoms with Gasteiger partial charge in [-0.25, -0.2) is 4.79 Å². The molecule has 1 N–H and O–H groups in total. The molecule has 1 aliphatic carbocycles. The maximum atomic E-state index is 13.2. The van der Waals surface area contributed by atoms with E-state index in [9.17, 15) is 9.18 Å². The van der Waals surface area contributed by atoms with E-state index in [1.807, 2.05) is 0 Å². The fourth-order valence-corrected chi connectivity index (χ4v) is 4.91. The number of halogens is 2. The Morgan fingerprint density at radius 3 is 2.90 bits per heavy atom. The van der Waals surface area contributed by atoms with Gasteiger partial charge >= 0.3 is 6.03 Å². The molecule has 2 bridgehead atoms. The highest BCUT2D eigenvalue weighted by atomic mass is 35.5. The maximum absolute atomic E-state index is 13.2. The number of aromatic nitrogens is 5. The number of hydrogen-bond acceptors (Lipinski definition) is 6. The lowest BCUT2D eigenvalue weighted by molar-refractivity contribution is -0.110. The average molecular weight is 432 g/mol. The predicted octanol–water partition coefficient (Wildman–Crippen LogP) is 3.68. The van der Waals surface area contributed by atoms with Crippen molar-refractivity contribution in [3.05, 3.63) is 47.1 Å². The Balaban J connectivity index is 1.43. The highest BCUT2D eigenvalue weighted by Gasteiger charge is 2.62. The zero-order valence-electron chi connectivity index (χ0n) is 16.3. The molecule has 1 aromatic carbocycles. The summed E-state index contributed by atoms with van der Waals surface area (Å²) >= 11 is 6.20. The number of aryl methyl sites for hydroxylation is 1. The summed E-state index contributed by atoms with van der Waals surface area (Å²) < 4.78 is 19.0. The van der Waals surface area contributed by atoms with Gasteiger partial charge in [0.2, 0.25) is 11.8 Å². The van der Waals surface area contributed by atoms with Crippen molar-refractivity contribution in [3.63, 3.8) is 0 Å². The first-order chi connectivity index (χ1) is 14.4. The van der Waals surface area contributed by atoms with Gasteiger partial charge in [0.1, 0.15) is 17.4 Å². The molecule has 3 atom stereocenters. The van der Waals surface area contributed by atoms with Crippen molar-refractivity contribution < 1.29 is 13.6 Å². The lowest BCUT2D eigenvalue weighted by Crippen LogP contribution is -2.70. The fraction of sp³-hybridized carbons (Fsp3) is 0.421. The van der Waals surface area contributed by atoms with E-state index >= 15 is 0 Å². The van der Waals surface area contributed by atoms with Crippen LogP contribution >= 0.6 is 11.6 Å². The second-order valence-corrected chi connectivity index (χ2v) is 8.39. The van der Waals surface area contributed by atoms with E-state index in [0.29, 0.717) is 34.1 Å². The van der Waals surface area contributed by atoms with Crippen LogP contribution < -0.4 is 5.32 Å². The largest absolute Gasteiger partial charge is 0.423 e. The Morgan fingerprint density at radius 2 is 2.20 bits per heavy atom. The highest BCUT2D eigenvalue weighted by Crippen LogP contribution is 2.55. The van der Waals surface area contributed by atoms with Gasteiger partial charge in [-0.15, -0.1) is 20.1 Å². The summed E-state index contributed by atoms with van der Waals surface area (Å²) in [5.74, 6) is 0.677. The van der Waals surface area contributed by atoms with Crippen LogP contribution in [0, 0.1) is 18.8 Å². The van der Waals surface area contributed by atoms with E-state index in [4.69, 9.17) is 16.0 Å². The van der Waals surface area contributed by atoms with Gasteiger partial charge < -0.3 is 14.6 Å². The molecule has 2 fully saturated rings. The number of anilines is 1. The van der Waals surface area contributed by atoms with Crippen molar-refractivity contribution in [2.75, 3.05) is 5.32 Å². The minimum atomic E-state index is -0.722. The van der Waals surface area contributed by atoms with Crippen LogP contribution in [0.3, 0.4) is 0 Å². The molecule has 156 valence electrons. The summed E-state index contributed by atoms with van der Waals surface area (Å²) in [6, 6.07) is 4.72. The van der Waals surface area contributed by atoms with E-state index in [-0.39, 0.29) is 12.1 Å². The van der Waals surface area contributed by atoms with Crippen molar-refractivity contribution in [1.29, 1.82) is 0 Å². The second kappa shape index (κ2) is 6.76. The van der Waals surface area contributed by atoms with Gasteiger partial charge in [-0.2, -0.15) is 9.49 Å². The molecule has 2 unspecified atom stereocenters. The lowest BCUT2D eigenvalue weighted by Gasteiger charge is -2.61. The van der Waals surface area contributed by atoms with E-state index in [0.717, 1.165) is 30.3 Å². The molecule has 1 aliphatic heterocycles. The number of amides is 2. The predicted molar refractivity (Wildman–Crippen MR) is 105 cm³/mol. The van der Waals surface area contributed by atoms with Gasteiger partial charge in [0.25, 0.3) is 5.95 Å². The molecular weight excluding hydrogens is 413 g/mol. The van der Waals surface area contributed by atoms with Crippen molar-refractivity contribution >= 4 is 23.3 Å². The van der Waals surface area contributed by atoms with Gasteiger partial charge in [0, 0.05) is 25.1 Å². The topological polar surface area (TPSA) is 102 Å². The molecule has 1 saturated heterocycles. The molecule has 2 amide bonds. The number of nitrogens with one attached hydrogen (secondary N) is 1. The molecule has 30 heavy (non-hydrogen) atoms. The number of likely N-dealkylation sites (tertiary alicyclic amines) is 1. The number of hydrogen-bond donors (Lipinski definition) is 1. The average Bonchev–Trinajstić information content (AvgIpc) is 3.31. The number of piperidine rings is 1. The van der Waals surface area contributed by atoms with Crippen molar-refractivity contribution in [2.24, 2.45) is 5.92 Å². The van der Waals surface area contributed by atoms with E-state index < -0.39 is 11.5 Å². The van der Waals surface area contributed by atoms with E-state index in [1.165, 1.54) is 0 Å². The molecule has 9 nitrogen and oxygen atoms in total. The molecule has 3 heterocycles. The third-order valence-corrected chi connectivity index (χ3v) is 6.10. The number of urea groups is 1. The van der Waals surface area contributed by atoms with Crippen LogP contribution in [0.15, 0.2) is 28.8 Å². The molecule has 1 saturated carbocycles. The summed E-state index contributed by atoms with van der Waals surface area (Å²) in [5.41, 5.74) is 0.264. The minimum Gasteiger partial charge on any atom is -0.423 e. The van der Waals surface area contributed by atoms with Crippen LogP contribution in [0.25, 0.3) is 5.69 Å². The van der Waals surface area contributed by atoms with Crippen LogP contribution in [0.4, 0.5) is 14.9 Å². The third-order valence-electron chi connectivity index (χ3n) is 5.78. The van der Waals surface area contributed by atoms with Gasteiger partial charge in [-0.1, -0.05) is 18.5 Å². The smallest absolute Gasteiger partial charge is 0.323 e. The Hall–Kier alpha value is -3.01. The zero-order valence-corrected chi connectivity index (χ0v) is 17.1. The number of carbonyl (C=O) groups is 1. The molecule has 2 aromatic heterocycles. The maximum Gasteiger partial charge on any atom is 0.323 e. The molecule has 2 aliphatic rings. The summed E-state index contributed by atoms with van der Waals surface area (Å²) in [7, 11) is 0. The monoisotopic (exact) mass is 431 g/mol. The van der Waals surface area contributed by atoms with Gasteiger partial charge in [0.15, 0.2) is 0 Å². The Bertz CT molecular complexity index is 1130. The summed E-state index contributed by atoms with van der Waals surface area (Å²) in [5, 5.41) is 18.9. The highest BCUT2D eigenvalue weighted by molar-refractivity contribution is 6.32. The van der Waals surface area contributed by atoms with Crippen LogP contribution in [-0.2, 0) is 5.54 Å². The molecule has 3 aromatic rings. The fourth-order valence-electron chi connectivity index (χ4n) is 4.72.